The van der Waals surface area contributed by atoms with Crippen LogP contribution in [-0.4, -0.2) is 28.8 Å². The average Bonchev–Trinajstić information content (AvgIpc) is 3.02. The zero-order valence-electron chi connectivity index (χ0n) is 11.2. The molecule has 1 saturated heterocycles. The average molecular weight is 283 g/mol. The van der Waals surface area contributed by atoms with Gasteiger partial charge in [-0.25, -0.2) is 4.98 Å². The Labute approximate surface area is 114 Å². The molecular weight excluding hydrogens is 267 g/mol. The van der Waals surface area contributed by atoms with E-state index >= 15 is 0 Å². The number of nitrogens with one attached hydrogen (secondary N) is 1. The van der Waals surface area contributed by atoms with Crippen molar-refractivity contribution in [1.29, 1.82) is 0 Å². The number of benzene rings is 1. The van der Waals surface area contributed by atoms with Crippen LogP contribution in [0.15, 0.2) is 24.3 Å². The number of aryl methyl sites for hydroxylation is 1. The predicted molar refractivity (Wildman–Crippen MR) is 70.6 cm³/mol. The molecule has 1 N–H and O–H groups in total. The first-order valence-electron chi connectivity index (χ1n) is 6.73. The molecule has 3 nitrogen and oxygen atoms in total. The maximum atomic E-state index is 13.7. The molecule has 0 radical (unpaired) electrons. The van der Waals surface area contributed by atoms with Gasteiger partial charge in [-0.2, -0.15) is 13.2 Å². The highest BCUT2D eigenvalue weighted by Gasteiger charge is 2.59. The van der Waals surface area contributed by atoms with Crippen LogP contribution in [0.2, 0.25) is 0 Å². The summed E-state index contributed by atoms with van der Waals surface area (Å²) in [6, 6.07) is 7.21. The SMILES string of the molecule is CCn1c(C2(C(F)(F)F)CCNC2)nc2ccccc21. The summed E-state index contributed by atoms with van der Waals surface area (Å²) in [5.41, 5.74) is -0.484. The number of hydrogen-bond donors (Lipinski definition) is 1. The van der Waals surface area contributed by atoms with Crippen LogP contribution in [0.4, 0.5) is 13.2 Å². The van der Waals surface area contributed by atoms with E-state index in [2.05, 4.69) is 10.3 Å². The maximum absolute atomic E-state index is 13.7. The van der Waals surface area contributed by atoms with E-state index in [0.717, 1.165) is 5.52 Å². The lowest BCUT2D eigenvalue weighted by atomic mass is 9.85. The smallest absolute Gasteiger partial charge is 0.327 e. The highest BCUT2D eigenvalue weighted by molar-refractivity contribution is 5.76. The predicted octanol–water partition coefficient (Wildman–Crippen LogP) is 2.85. The van der Waals surface area contributed by atoms with Crippen LogP contribution in [0.5, 0.6) is 0 Å². The van der Waals surface area contributed by atoms with Gasteiger partial charge in [0.15, 0.2) is 0 Å². The van der Waals surface area contributed by atoms with Crippen LogP contribution in [0.25, 0.3) is 11.0 Å². The first kappa shape index (κ1) is 13.4. The summed E-state index contributed by atoms with van der Waals surface area (Å²) in [6.45, 7) is 2.60. The van der Waals surface area contributed by atoms with Gasteiger partial charge in [0.25, 0.3) is 0 Å². The van der Waals surface area contributed by atoms with Crippen molar-refractivity contribution in [2.45, 2.75) is 31.5 Å². The van der Waals surface area contributed by atoms with Crippen LogP contribution in [0.3, 0.4) is 0 Å². The summed E-state index contributed by atoms with van der Waals surface area (Å²) in [5, 5.41) is 2.84. The summed E-state index contributed by atoms with van der Waals surface area (Å²) >= 11 is 0. The minimum atomic E-state index is -4.30. The Morgan fingerprint density at radius 3 is 2.70 bits per heavy atom. The number of nitrogens with zero attached hydrogens (tertiary/aromatic N) is 2. The monoisotopic (exact) mass is 283 g/mol. The Kier molecular flexibility index (Phi) is 3.01. The topological polar surface area (TPSA) is 29.9 Å². The van der Waals surface area contributed by atoms with Crippen molar-refractivity contribution in [2.24, 2.45) is 0 Å². The van der Waals surface area contributed by atoms with Gasteiger partial charge in [-0.3, -0.25) is 0 Å². The van der Waals surface area contributed by atoms with Gasteiger partial charge in [0.05, 0.1) is 11.0 Å². The third-order valence-electron chi connectivity index (χ3n) is 4.10. The summed E-state index contributed by atoms with van der Waals surface area (Å²) in [7, 11) is 0. The van der Waals surface area contributed by atoms with Crippen LogP contribution in [0.1, 0.15) is 19.2 Å². The van der Waals surface area contributed by atoms with E-state index in [1.54, 1.807) is 16.7 Å². The van der Waals surface area contributed by atoms with E-state index in [1.165, 1.54) is 0 Å². The number of halogens is 3. The first-order valence-corrected chi connectivity index (χ1v) is 6.73. The number of fused-ring (bicyclic) bond motifs is 1. The summed E-state index contributed by atoms with van der Waals surface area (Å²) < 4.78 is 42.6. The molecule has 1 atom stereocenters. The Balaban J connectivity index is 2.27. The quantitative estimate of drug-likeness (QED) is 0.918. The van der Waals surface area contributed by atoms with Gasteiger partial charge in [0.2, 0.25) is 0 Å². The molecule has 0 saturated carbocycles. The largest absolute Gasteiger partial charge is 0.402 e. The van der Waals surface area contributed by atoms with Gasteiger partial charge in [0, 0.05) is 13.1 Å². The molecule has 1 aliphatic rings. The van der Waals surface area contributed by atoms with Gasteiger partial charge in [-0.15, -0.1) is 0 Å². The molecule has 1 aromatic carbocycles. The van der Waals surface area contributed by atoms with Crippen molar-refractivity contribution in [2.75, 3.05) is 13.1 Å². The fourth-order valence-corrected chi connectivity index (χ4v) is 3.01. The van der Waals surface area contributed by atoms with Gasteiger partial charge in [0.1, 0.15) is 11.2 Å². The molecule has 20 heavy (non-hydrogen) atoms. The summed E-state index contributed by atoms with van der Waals surface area (Å²) in [4.78, 5) is 4.31. The molecule has 1 aromatic heterocycles. The fraction of sp³-hybridized carbons (Fsp3) is 0.500. The molecule has 1 fully saturated rings. The minimum absolute atomic E-state index is 0.0415. The number of hydrogen-bond acceptors (Lipinski definition) is 2. The Morgan fingerprint density at radius 2 is 2.10 bits per heavy atom. The van der Waals surface area contributed by atoms with Crippen molar-refractivity contribution < 1.29 is 13.2 Å². The van der Waals surface area contributed by atoms with Crippen molar-refractivity contribution in [3.63, 3.8) is 0 Å². The second-order valence-corrected chi connectivity index (χ2v) is 5.18. The van der Waals surface area contributed by atoms with Crippen molar-refractivity contribution in [3.8, 4) is 0 Å². The number of rotatable bonds is 2. The number of aromatic nitrogens is 2. The molecule has 0 spiro atoms. The maximum Gasteiger partial charge on any atom is 0.402 e. The highest BCUT2D eigenvalue weighted by Crippen LogP contribution is 2.45. The van der Waals surface area contributed by atoms with E-state index < -0.39 is 11.6 Å². The molecule has 2 aromatic rings. The van der Waals surface area contributed by atoms with Crippen LogP contribution in [-0.2, 0) is 12.0 Å². The number of para-hydroxylation sites is 2. The molecule has 6 heteroatoms. The number of imidazole rings is 1. The zero-order valence-corrected chi connectivity index (χ0v) is 11.2. The summed E-state index contributed by atoms with van der Waals surface area (Å²) in [5.74, 6) is 0.138. The summed E-state index contributed by atoms with van der Waals surface area (Å²) in [6.07, 6.45) is -4.26. The second-order valence-electron chi connectivity index (χ2n) is 5.18. The van der Waals surface area contributed by atoms with Gasteiger partial charge in [-0.05, 0) is 32.0 Å². The van der Waals surface area contributed by atoms with Crippen molar-refractivity contribution in [3.05, 3.63) is 30.1 Å². The van der Waals surface area contributed by atoms with Crippen molar-refractivity contribution in [1.82, 2.24) is 14.9 Å². The van der Waals surface area contributed by atoms with Crippen LogP contribution in [0, 0.1) is 0 Å². The lowest BCUT2D eigenvalue weighted by molar-refractivity contribution is -0.187. The third-order valence-corrected chi connectivity index (χ3v) is 4.10. The number of alkyl halides is 3. The van der Waals surface area contributed by atoms with E-state index in [4.69, 9.17) is 0 Å². The van der Waals surface area contributed by atoms with E-state index in [-0.39, 0.29) is 18.8 Å². The van der Waals surface area contributed by atoms with Crippen molar-refractivity contribution >= 4 is 11.0 Å². The molecule has 1 unspecified atom stereocenters. The third kappa shape index (κ3) is 1.74. The molecule has 0 amide bonds. The van der Waals surface area contributed by atoms with Crippen LogP contribution >= 0.6 is 0 Å². The molecule has 3 rings (SSSR count). The molecule has 108 valence electrons. The van der Waals surface area contributed by atoms with E-state index in [9.17, 15) is 13.2 Å². The lowest BCUT2D eigenvalue weighted by Gasteiger charge is -2.30. The molecule has 1 aliphatic heterocycles. The van der Waals surface area contributed by atoms with Gasteiger partial charge < -0.3 is 9.88 Å². The minimum Gasteiger partial charge on any atom is -0.327 e. The first-order chi connectivity index (χ1) is 9.49. The molecule has 0 aliphatic carbocycles. The normalized spacial score (nSPS) is 23.6. The van der Waals surface area contributed by atoms with Gasteiger partial charge >= 0.3 is 6.18 Å². The lowest BCUT2D eigenvalue weighted by Crippen LogP contribution is -2.46. The van der Waals surface area contributed by atoms with Crippen LogP contribution < -0.4 is 5.32 Å². The Hall–Kier alpha value is -1.56. The molecule has 2 heterocycles. The van der Waals surface area contributed by atoms with E-state index in [1.807, 2.05) is 19.1 Å². The highest BCUT2D eigenvalue weighted by atomic mass is 19.4. The molecule has 0 bridgehead atoms. The Morgan fingerprint density at radius 1 is 1.35 bits per heavy atom. The second kappa shape index (κ2) is 4.48. The van der Waals surface area contributed by atoms with E-state index in [0.29, 0.717) is 18.6 Å². The standard InChI is InChI=1S/C14H16F3N3/c1-2-20-11-6-4-3-5-10(11)19-12(20)13(14(15,16)17)7-8-18-9-13/h3-6,18H,2,7-9H2,1H3. The van der Waals surface area contributed by atoms with Gasteiger partial charge in [-0.1, -0.05) is 12.1 Å². The molecular formula is C14H16F3N3. The Bertz CT molecular complexity index is 624. The zero-order chi connectivity index (χ0) is 14.4. The fourth-order valence-electron chi connectivity index (χ4n) is 3.01.